The lowest BCUT2D eigenvalue weighted by molar-refractivity contribution is -0.126. The topological polar surface area (TPSA) is 116 Å². The molecule has 1 amide bonds. The fourth-order valence-electron chi connectivity index (χ4n) is 2.99. The van der Waals surface area contributed by atoms with Gasteiger partial charge in [0.1, 0.15) is 0 Å². The molecular weight excluding hydrogens is 335 g/mol. The largest absolute Gasteiger partial charge is 0.475 e. The van der Waals surface area contributed by atoms with Gasteiger partial charge >= 0.3 is 7.12 Å². The summed E-state index contributed by atoms with van der Waals surface area (Å²) in [6.45, 7) is 6.46. The van der Waals surface area contributed by atoms with Gasteiger partial charge in [-0.3, -0.25) is 9.59 Å². The van der Waals surface area contributed by atoms with E-state index in [0.717, 1.165) is 18.7 Å². The molecule has 2 rings (SSSR count). The van der Waals surface area contributed by atoms with Gasteiger partial charge in [0.25, 0.3) is 0 Å². The molecule has 26 heavy (non-hydrogen) atoms. The molecule has 0 aromatic carbocycles. The summed E-state index contributed by atoms with van der Waals surface area (Å²) in [6, 6.07) is 3.42. The molecule has 1 aromatic rings. The molecule has 0 bridgehead atoms. The molecule has 1 saturated heterocycles. The lowest BCUT2D eigenvalue weighted by atomic mass is 9.75. The van der Waals surface area contributed by atoms with Crippen LogP contribution in [0.1, 0.15) is 45.2 Å². The standard InChI is InChI=1S/C17H27BN4O4/c1-11(2)10-15(18(25)26)19-17(24)7-5-14(23)13-8-9-22(13)16-6-4-12(3)20-21-16/h4,6,11,13,15,25-26H,5,7-10H2,1-3H3,(H,19,24)/t13-,15-/m0/s1. The molecule has 1 fully saturated rings. The van der Waals surface area contributed by atoms with E-state index in [2.05, 4.69) is 15.5 Å². The SMILES string of the molecule is Cc1ccc(N2CC[C@H]2C(=O)CCC(=O)N[C@@H](CC(C)C)B(O)O)nn1. The van der Waals surface area contributed by atoms with Crippen molar-refractivity contribution >= 4 is 24.6 Å². The van der Waals surface area contributed by atoms with Crippen LogP contribution in [-0.4, -0.2) is 57.6 Å². The molecule has 3 N–H and O–H groups in total. The van der Waals surface area contributed by atoms with E-state index in [1.54, 1.807) is 0 Å². The van der Waals surface area contributed by atoms with Crippen LogP contribution in [0.15, 0.2) is 12.1 Å². The van der Waals surface area contributed by atoms with E-state index in [-0.39, 0.29) is 36.5 Å². The van der Waals surface area contributed by atoms with Crippen LogP contribution < -0.4 is 10.2 Å². The van der Waals surface area contributed by atoms with Crippen molar-refractivity contribution in [3.8, 4) is 0 Å². The molecule has 9 heteroatoms. The van der Waals surface area contributed by atoms with Crippen molar-refractivity contribution in [1.29, 1.82) is 0 Å². The van der Waals surface area contributed by atoms with Crippen molar-refractivity contribution in [3.05, 3.63) is 17.8 Å². The van der Waals surface area contributed by atoms with Crippen molar-refractivity contribution in [2.24, 2.45) is 5.92 Å². The van der Waals surface area contributed by atoms with Crippen molar-refractivity contribution in [2.45, 2.75) is 58.4 Å². The molecule has 0 saturated carbocycles. The molecule has 2 atom stereocenters. The number of hydrogen-bond donors (Lipinski definition) is 3. The molecule has 0 radical (unpaired) electrons. The molecule has 1 aliphatic rings. The van der Waals surface area contributed by atoms with Gasteiger partial charge in [0.05, 0.1) is 17.7 Å². The minimum absolute atomic E-state index is 0.0151. The van der Waals surface area contributed by atoms with Crippen LogP contribution in [-0.2, 0) is 9.59 Å². The maximum Gasteiger partial charge on any atom is 0.475 e. The molecular formula is C17H27BN4O4. The number of carbonyl (C=O) groups excluding carboxylic acids is 2. The number of amides is 1. The zero-order chi connectivity index (χ0) is 19.3. The van der Waals surface area contributed by atoms with E-state index in [1.807, 2.05) is 37.8 Å². The van der Waals surface area contributed by atoms with Crippen molar-refractivity contribution in [2.75, 3.05) is 11.4 Å². The lowest BCUT2D eigenvalue weighted by Gasteiger charge is -2.40. The van der Waals surface area contributed by atoms with Crippen LogP contribution in [0, 0.1) is 12.8 Å². The second-order valence-corrected chi connectivity index (χ2v) is 7.21. The molecule has 1 aromatic heterocycles. The van der Waals surface area contributed by atoms with Gasteiger partial charge in [-0.05, 0) is 37.8 Å². The monoisotopic (exact) mass is 362 g/mol. The molecule has 142 valence electrons. The smallest absolute Gasteiger partial charge is 0.426 e. The predicted octanol–water partition coefficient (Wildman–Crippen LogP) is 0.256. The third-order valence-corrected chi connectivity index (χ3v) is 4.50. The second-order valence-electron chi connectivity index (χ2n) is 7.21. The molecule has 0 unspecified atom stereocenters. The minimum atomic E-state index is -1.61. The average molecular weight is 362 g/mol. The minimum Gasteiger partial charge on any atom is -0.426 e. The first-order valence-electron chi connectivity index (χ1n) is 9.03. The van der Waals surface area contributed by atoms with E-state index in [1.165, 1.54) is 0 Å². The highest BCUT2D eigenvalue weighted by molar-refractivity contribution is 6.43. The van der Waals surface area contributed by atoms with E-state index < -0.39 is 13.1 Å². The van der Waals surface area contributed by atoms with E-state index in [4.69, 9.17) is 0 Å². The van der Waals surface area contributed by atoms with Gasteiger partial charge in [-0.2, -0.15) is 5.10 Å². The Bertz CT molecular complexity index is 624. The number of aryl methyl sites for hydroxylation is 1. The van der Waals surface area contributed by atoms with Gasteiger partial charge < -0.3 is 20.3 Å². The maximum absolute atomic E-state index is 12.4. The second kappa shape index (κ2) is 9.09. The Kier molecular flexibility index (Phi) is 7.10. The van der Waals surface area contributed by atoms with Crippen molar-refractivity contribution in [3.63, 3.8) is 0 Å². The first-order chi connectivity index (χ1) is 12.3. The average Bonchev–Trinajstić information content (AvgIpc) is 2.53. The van der Waals surface area contributed by atoms with Gasteiger partial charge in [-0.15, -0.1) is 5.10 Å². The third kappa shape index (κ3) is 5.50. The van der Waals surface area contributed by atoms with Gasteiger partial charge in [-0.1, -0.05) is 13.8 Å². The number of nitrogens with one attached hydrogen (secondary N) is 1. The molecule has 8 nitrogen and oxygen atoms in total. The summed E-state index contributed by atoms with van der Waals surface area (Å²) < 4.78 is 0. The Hall–Kier alpha value is -2.00. The number of rotatable bonds is 9. The Morgan fingerprint density at radius 1 is 1.31 bits per heavy atom. The van der Waals surface area contributed by atoms with Crippen molar-refractivity contribution < 1.29 is 19.6 Å². The fraction of sp³-hybridized carbons (Fsp3) is 0.647. The highest BCUT2D eigenvalue weighted by atomic mass is 16.4. The summed E-state index contributed by atoms with van der Waals surface area (Å²) in [5.74, 6) is -0.203. The summed E-state index contributed by atoms with van der Waals surface area (Å²) in [5.41, 5.74) is 0.816. The van der Waals surface area contributed by atoms with Crippen LogP contribution in [0.25, 0.3) is 0 Å². The first kappa shape index (κ1) is 20.3. The first-order valence-corrected chi connectivity index (χ1v) is 9.03. The Balaban J connectivity index is 1.82. The van der Waals surface area contributed by atoms with E-state index in [0.29, 0.717) is 12.2 Å². The number of carbonyl (C=O) groups is 2. The van der Waals surface area contributed by atoms with Crippen LogP contribution in [0.2, 0.25) is 0 Å². The van der Waals surface area contributed by atoms with Crippen LogP contribution in [0.5, 0.6) is 0 Å². The quantitative estimate of drug-likeness (QED) is 0.540. The Morgan fingerprint density at radius 2 is 2.04 bits per heavy atom. The molecule has 2 heterocycles. The summed E-state index contributed by atoms with van der Waals surface area (Å²) >= 11 is 0. The molecule has 0 aliphatic carbocycles. The van der Waals surface area contributed by atoms with Crippen LogP contribution in [0.3, 0.4) is 0 Å². The van der Waals surface area contributed by atoms with Gasteiger partial charge in [0, 0.05) is 19.4 Å². The zero-order valence-corrected chi connectivity index (χ0v) is 15.6. The maximum atomic E-state index is 12.4. The molecule has 1 aliphatic heterocycles. The number of hydrogen-bond acceptors (Lipinski definition) is 7. The molecule has 0 spiro atoms. The van der Waals surface area contributed by atoms with Gasteiger partial charge in [0.15, 0.2) is 11.6 Å². The summed E-state index contributed by atoms with van der Waals surface area (Å²) in [7, 11) is -1.61. The normalized spacial score (nSPS) is 17.6. The summed E-state index contributed by atoms with van der Waals surface area (Å²) in [6.07, 6.45) is 1.34. The predicted molar refractivity (Wildman–Crippen MR) is 98.3 cm³/mol. The summed E-state index contributed by atoms with van der Waals surface area (Å²) in [5, 5.41) is 29.4. The highest BCUT2D eigenvalue weighted by Gasteiger charge is 2.35. The Morgan fingerprint density at radius 3 is 2.54 bits per heavy atom. The number of Topliss-reactive ketones (excluding diaryl/α,β-unsaturated/α-hetero) is 1. The van der Waals surface area contributed by atoms with Crippen molar-refractivity contribution in [1.82, 2.24) is 15.5 Å². The van der Waals surface area contributed by atoms with Gasteiger partial charge in [-0.25, -0.2) is 0 Å². The zero-order valence-electron chi connectivity index (χ0n) is 15.6. The van der Waals surface area contributed by atoms with E-state index >= 15 is 0 Å². The third-order valence-electron chi connectivity index (χ3n) is 4.50. The summed E-state index contributed by atoms with van der Waals surface area (Å²) in [4.78, 5) is 26.3. The highest BCUT2D eigenvalue weighted by Crippen LogP contribution is 2.25. The van der Waals surface area contributed by atoms with Crippen LogP contribution >= 0.6 is 0 Å². The number of ketones is 1. The fourth-order valence-corrected chi connectivity index (χ4v) is 2.99. The van der Waals surface area contributed by atoms with E-state index in [9.17, 15) is 19.6 Å². The van der Waals surface area contributed by atoms with Gasteiger partial charge in [0.2, 0.25) is 5.91 Å². The number of aromatic nitrogens is 2. The lowest BCUT2D eigenvalue weighted by Crippen LogP contribution is -2.53. The Labute approximate surface area is 154 Å². The number of anilines is 1. The number of nitrogens with zero attached hydrogens (tertiary/aromatic N) is 3. The van der Waals surface area contributed by atoms with Crippen LogP contribution in [0.4, 0.5) is 5.82 Å².